The molecule has 18 heavy (non-hydrogen) atoms. The fourth-order valence-corrected chi connectivity index (χ4v) is 2.35. The Kier molecular flexibility index (Phi) is 5.01. The summed E-state index contributed by atoms with van der Waals surface area (Å²) in [6, 6.07) is 0.932. The lowest BCUT2D eigenvalue weighted by molar-refractivity contribution is -0.131. The summed E-state index contributed by atoms with van der Waals surface area (Å²) in [5.41, 5.74) is 0. The van der Waals surface area contributed by atoms with Gasteiger partial charge in [-0.3, -0.25) is 4.79 Å². The number of nitrogens with one attached hydrogen (secondary N) is 1. The summed E-state index contributed by atoms with van der Waals surface area (Å²) in [4.78, 5) is 14.3. The largest absolute Gasteiger partial charge is 0.381 e. The second-order valence-corrected chi connectivity index (χ2v) is 5.70. The lowest BCUT2D eigenvalue weighted by Crippen LogP contribution is -2.44. The number of ether oxygens (including phenoxy) is 1. The molecule has 2 aliphatic rings. The highest BCUT2D eigenvalue weighted by atomic mass is 16.5. The molecule has 1 saturated carbocycles. The van der Waals surface area contributed by atoms with E-state index >= 15 is 0 Å². The van der Waals surface area contributed by atoms with Gasteiger partial charge >= 0.3 is 0 Å². The smallest absolute Gasteiger partial charge is 0.236 e. The molecule has 1 heterocycles. The van der Waals surface area contributed by atoms with E-state index in [1.165, 1.54) is 12.8 Å². The van der Waals surface area contributed by atoms with Crippen molar-refractivity contribution in [3.63, 3.8) is 0 Å². The van der Waals surface area contributed by atoms with Gasteiger partial charge in [0.05, 0.1) is 13.2 Å². The fourth-order valence-electron chi connectivity index (χ4n) is 2.35. The molecule has 2 fully saturated rings. The molecule has 4 nitrogen and oxygen atoms in total. The predicted octanol–water partition coefficient (Wildman–Crippen LogP) is 1.40. The van der Waals surface area contributed by atoms with Crippen LogP contribution in [0.2, 0.25) is 0 Å². The minimum atomic E-state index is 0.268. The maximum absolute atomic E-state index is 12.3. The molecule has 4 heteroatoms. The lowest BCUT2D eigenvalue weighted by Gasteiger charge is -2.26. The minimum Gasteiger partial charge on any atom is -0.381 e. The van der Waals surface area contributed by atoms with Crippen LogP contribution in [0.25, 0.3) is 0 Å². The van der Waals surface area contributed by atoms with Gasteiger partial charge in [-0.25, -0.2) is 0 Å². The number of hydrogen-bond donors (Lipinski definition) is 1. The minimum absolute atomic E-state index is 0.268. The van der Waals surface area contributed by atoms with E-state index in [-0.39, 0.29) is 5.91 Å². The van der Waals surface area contributed by atoms with Crippen LogP contribution in [-0.4, -0.2) is 49.2 Å². The second kappa shape index (κ2) is 6.53. The molecule has 0 spiro atoms. The molecule has 104 valence electrons. The highest BCUT2D eigenvalue weighted by Gasteiger charge is 2.34. The molecule has 1 saturated heterocycles. The number of nitrogens with zero attached hydrogens (tertiary/aromatic N) is 1. The first kappa shape index (κ1) is 13.8. The van der Waals surface area contributed by atoms with Gasteiger partial charge in [-0.15, -0.1) is 0 Å². The Labute approximate surface area is 110 Å². The third-order valence-electron chi connectivity index (χ3n) is 4.00. The maximum atomic E-state index is 12.3. The number of carbonyl (C=O) groups is 1. The van der Waals surface area contributed by atoms with Gasteiger partial charge in [-0.2, -0.15) is 0 Å². The summed E-state index contributed by atoms with van der Waals surface area (Å²) < 4.78 is 5.40. The molecule has 2 atom stereocenters. The first-order chi connectivity index (χ1) is 8.70. The van der Waals surface area contributed by atoms with Gasteiger partial charge in [0.25, 0.3) is 0 Å². The Morgan fingerprint density at radius 3 is 2.78 bits per heavy atom. The Hall–Kier alpha value is -0.610. The lowest BCUT2D eigenvalue weighted by atomic mass is 10.1. The molecule has 1 aliphatic carbocycles. The van der Waals surface area contributed by atoms with E-state index in [0.717, 1.165) is 32.6 Å². The first-order valence-corrected chi connectivity index (χ1v) is 7.31. The molecule has 0 aromatic heterocycles. The van der Waals surface area contributed by atoms with E-state index in [1.54, 1.807) is 0 Å². The first-order valence-electron chi connectivity index (χ1n) is 7.31. The normalized spacial score (nSPS) is 25.1. The van der Waals surface area contributed by atoms with Crippen molar-refractivity contribution in [2.75, 3.05) is 26.3 Å². The van der Waals surface area contributed by atoms with Crippen molar-refractivity contribution in [1.29, 1.82) is 0 Å². The standard InChI is InChI=1S/C14H26N2O2/c1-3-11(2)15-8-14(17)16(13-4-5-13)9-12-6-7-18-10-12/h11-13,15H,3-10H2,1-2H3. The zero-order chi connectivity index (χ0) is 13.0. The van der Waals surface area contributed by atoms with Crippen molar-refractivity contribution in [1.82, 2.24) is 10.2 Å². The molecule has 2 rings (SSSR count). The average molecular weight is 254 g/mol. The fraction of sp³-hybridized carbons (Fsp3) is 0.929. The van der Waals surface area contributed by atoms with E-state index in [9.17, 15) is 4.79 Å². The Balaban J connectivity index is 1.78. The van der Waals surface area contributed by atoms with E-state index in [4.69, 9.17) is 4.74 Å². The van der Waals surface area contributed by atoms with Crippen LogP contribution in [0.15, 0.2) is 0 Å². The highest BCUT2D eigenvalue weighted by molar-refractivity contribution is 5.79. The summed E-state index contributed by atoms with van der Waals surface area (Å²) >= 11 is 0. The van der Waals surface area contributed by atoms with Crippen LogP contribution < -0.4 is 5.32 Å². The molecule has 1 aliphatic heterocycles. The molecule has 2 unspecified atom stereocenters. The summed E-state index contributed by atoms with van der Waals surface area (Å²) in [5.74, 6) is 0.822. The van der Waals surface area contributed by atoms with Crippen LogP contribution in [0.3, 0.4) is 0 Å². The topological polar surface area (TPSA) is 41.6 Å². The van der Waals surface area contributed by atoms with Crippen LogP contribution in [0.1, 0.15) is 39.5 Å². The number of hydrogen-bond acceptors (Lipinski definition) is 3. The number of amides is 1. The van der Waals surface area contributed by atoms with Gasteiger partial charge in [-0.1, -0.05) is 6.92 Å². The van der Waals surface area contributed by atoms with E-state index in [1.807, 2.05) is 0 Å². The van der Waals surface area contributed by atoms with Gasteiger partial charge in [-0.05, 0) is 32.6 Å². The van der Waals surface area contributed by atoms with Crippen molar-refractivity contribution in [2.24, 2.45) is 5.92 Å². The molecule has 0 aromatic rings. The molecular formula is C14H26N2O2. The maximum Gasteiger partial charge on any atom is 0.236 e. The molecular weight excluding hydrogens is 228 g/mol. The van der Waals surface area contributed by atoms with Crippen molar-refractivity contribution in [2.45, 2.75) is 51.6 Å². The summed E-state index contributed by atoms with van der Waals surface area (Å²) in [6.45, 7) is 7.33. The Bertz CT molecular complexity index is 273. The van der Waals surface area contributed by atoms with Crippen LogP contribution in [-0.2, 0) is 9.53 Å². The SMILES string of the molecule is CCC(C)NCC(=O)N(CC1CCOC1)C1CC1. The van der Waals surface area contributed by atoms with Crippen LogP contribution in [0.4, 0.5) is 0 Å². The molecule has 0 radical (unpaired) electrons. The van der Waals surface area contributed by atoms with Crippen molar-refractivity contribution in [3.8, 4) is 0 Å². The van der Waals surface area contributed by atoms with E-state index in [0.29, 0.717) is 24.5 Å². The molecule has 0 bridgehead atoms. The zero-order valence-electron chi connectivity index (χ0n) is 11.7. The summed E-state index contributed by atoms with van der Waals surface area (Å²) in [7, 11) is 0. The number of rotatable bonds is 7. The van der Waals surface area contributed by atoms with Gasteiger partial charge in [0.2, 0.25) is 5.91 Å². The average Bonchev–Trinajstić information content (AvgIpc) is 3.09. The monoisotopic (exact) mass is 254 g/mol. The quantitative estimate of drug-likeness (QED) is 0.747. The summed E-state index contributed by atoms with van der Waals surface area (Å²) in [6.07, 6.45) is 4.54. The van der Waals surface area contributed by atoms with Crippen LogP contribution in [0, 0.1) is 5.92 Å². The predicted molar refractivity (Wildman–Crippen MR) is 71.4 cm³/mol. The second-order valence-electron chi connectivity index (χ2n) is 5.70. The van der Waals surface area contributed by atoms with Gasteiger partial charge in [0.1, 0.15) is 0 Å². The third kappa shape index (κ3) is 3.95. The summed E-state index contributed by atoms with van der Waals surface area (Å²) in [5, 5.41) is 3.30. The van der Waals surface area contributed by atoms with Crippen molar-refractivity contribution >= 4 is 5.91 Å². The van der Waals surface area contributed by atoms with Crippen molar-refractivity contribution < 1.29 is 9.53 Å². The Morgan fingerprint density at radius 2 is 2.22 bits per heavy atom. The van der Waals surface area contributed by atoms with E-state index < -0.39 is 0 Å². The van der Waals surface area contributed by atoms with Gasteiger partial charge < -0.3 is 15.0 Å². The van der Waals surface area contributed by atoms with Gasteiger partial charge in [0, 0.05) is 31.2 Å². The third-order valence-corrected chi connectivity index (χ3v) is 4.00. The molecule has 1 N–H and O–H groups in total. The number of carbonyl (C=O) groups excluding carboxylic acids is 1. The van der Waals surface area contributed by atoms with Crippen molar-refractivity contribution in [3.05, 3.63) is 0 Å². The molecule has 1 amide bonds. The van der Waals surface area contributed by atoms with E-state index in [2.05, 4.69) is 24.1 Å². The van der Waals surface area contributed by atoms with Crippen LogP contribution in [0.5, 0.6) is 0 Å². The zero-order valence-corrected chi connectivity index (χ0v) is 11.7. The van der Waals surface area contributed by atoms with Crippen LogP contribution >= 0.6 is 0 Å². The highest BCUT2D eigenvalue weighted by Crippen LogP contribution is 2.28. The Morgan fingerprint density at radius 1 is 1.44 bits per heavy atom. The van der Waals surface area contributed by atoms with Gasteiger partial charge in [0.15, 0.2) is 0 Å². The molecule has 0 aromatic carbocycles.